The topological polar surface area (TPSA) is 122 Å². The molecule has 1 aromatic carbocycles. The summed E-state index contributed by atoms with van der Waals surface area (Å²) in [6.07, 6.45) is -1.41. The maximum Gasteiger partial charge on any atom is 0.341 e. The molecular formula is C16H22FN3O6S. The zero-order valence-electron chi connectivity index (χ0n) is 15.6. The standard InChI is InChI=1S/C16H22FN3O6S/c1-9(2)18-16(23)19-14(21)10(3)26-15(22)12-8-11(6-7-13(12)17)27(24,25)20(4)5/h6-10H,1-5H3,(H2,18,19,21,23)/t10-/m0/s1. The first-order valence-electron chi connectivity index (χ1n) is 7.90. The number of rotatable bonds is 6. The molecule has 0 spiro atoms. The highest BCUT2D eigenvalue weighted by atomic mass is 32.2. The summed E-state index contributed by atoms with van der Waals surface area (Å²) in [7, 11) is -1.33. The second-order valence-electron chi connectivity index (χ2n) is 6.09. The van der Waals surface area contributed by atoms with Gasteiger partial charge in [-0.3, -0.25) is 10.1 Å². The van der Waals surface area contributed by atoms with E-state index in [-0.39, 0.29) is 10.9 Å². The van der Waals surface area contributed by atoms with Gasteiger partial charge in [0, 0.05) is 20.1 Å². The van der Waals surface area contributed by atoms with Crippen molar-refractivity contribution >= 4 is 27.9 Å². The number of halogens is 1. The molecule has 1 aromatic rings. The van der Waals surface area contributed by atoms with E-state index < -0.39 is 45.4 Å². The molecule has 1 atom stereocenters. The monoisotopic (exact) mass is 403 g/mol. The second-order valence-corrected chi connectivity index (χ2v) is 8.25. The Morgan fingerprint density at radius 2 is 1.74 bits per heavy atom. The molecule has 27 heavy (non-hydrogen) atoms. The van der Waals surface area contributed by atoms with E-state index in [1.54, 1.807) is 13.8 Å². The van der Waals surface area contributed by atoms with Crippen molar-refractivity contribution in [2.75, 3.05) is 14.1 Å². The van der Waals surface area contributed by atoms with Crippen LogP contribution in [0.5, 0.6) is 0 Å². The molecule has 0 fully saturated rings. The van der Waals surface area contributed by atoms with E-state index in [1.807, 2.05) is 5.32 Å². The van der Waals surface area contributed by atoms with Crippen molar-refractivity contribution < 1.29 is 31.9 Å². The fraction of sp³-hybridized carbons (Fsp3) is 0.438. The molecule has 0 aliphatic rings. The molecule has 11 heteroatoms. The van der Waals surface area contributed by atoms with Crippen molar-refractivity contribution in [1.82, 2.24) is 14.9 Å². The summed E-state index contributed by atoms with van der Waals surface area (Å²) in [6, 6.07) is 1.65. The molecule has 0 saturated carbocycles. The van der Waals surface area contributed by atoms with Gasteiger partial charge < -0.3 is 10.1 Å². The van der Waals surface area contributed by atoms with Crippen molar-refractivity contribution in [3.05, 3.63) is 29.6 Å². The maximum absolute atomic E-state index is 13.9. The van der Waals surface area contributed by atoms with Crippen LogP contribution in [0.15, 0.2) is 23.1 Å². The molecule has 0 unspecified atom stereocenters. The van der Waals surface area contributed by atoms with E-state index in [9.17, 15) is 27.2 Å². The third-order valence-corrected chi connectivity index (χ3v) is 5.06. The summed E-state index contributed by atoms with van der Waals surface area (Å²) in [4.78, 5) is 35.2. The maximum atomic E-state index is 13.9. The molecular weight excluding hydrogens is 381 g/mol. The van der Waals surface area contributed by atoms with E-state index in [4.69, 9.17) is 4.74 Å². The van der Waals surface area contributed by atoms with Gasteiger partial charge in [-0.2, -0.15) is 0 Å². The molecule has 3 amide bonds. The van der Waals surface area contributed by atoms with Gasteiger partial charge in [0.15, 0.2) is 6.10 Å². The number of carbonyl (C=O) groups excluding carboxylic acids is 3. The Morgan fingerprint density at radius 3 is 2.26 bits per heavy atom. The molecule has 0 aromatic heterocycles. The van der Waals surface area contributed by atoms with E-state index in [0.29, 0.717) is 0 Å². The first-order valence-corrected chi connectivity index (χ1v) is 9.34. The number of imide groups is 1. The van der Waals surface area contributed by atoms with Gasteiger partial charge >= 0.3 is 12.0 Å². The van der Waals surface area contributed by atoms with E-state index in [0.717, 1.165) is 22.5 Å². The summed E-state index contributed by atoms with van der Waals surface area (Å²) < 4.78 is 43.9. The Kier molecular flexibility index (Phi) is 7.43. The van der Waals surface area contributed by atoms with Gasteiger partial charge in [0.25, 0.3) is 5.91 Å². The molecule has 0 saturated heterocycles. The Hall–Kier alpha value is -2.53. The molecule has 0 aliphatic carbocycles. The van der Waals surface area contributed by atoms with Gasteiger partial charge in [0.2, 0.25) is 10.0 Å². The minimum Gasteiger partial charge on any atom is -0.449 e. The summed E-state index contributed by atoms with van der Waals surface area (Å²) >= 11 is 0. The minimum absolute atomic E-state index is 0.217. The molecule has 0 heterocycles. The van der Waals surface area contributed by atoms with Crippen molar-refractivity contribution in [2.45, 2.75) is 37.8 Å². The average Bonchev–Trinajstić information content (AvgIpc) is 2.53. The average molecular weight is 403 g/mol. The molecule has 2 N–H and O–H groups in total. The van der Waals surface area contributed by atoms with Crippen molar-refractivity contribution in [2.24, 2.45) is 0 Å². The Morgan fingerprint density at radius 1 is 1.15 bits per heavy atom. The van der Waals surface area contributed by atoms with Crippen LogP contribution < -0.4 is 10.6 Å². The van der Waals surface area contributed by atoms with Crippen LogP contribution in [0.2, 0.25) is 0 Å². The Balaban J connectivity index is 2.94. The highest BCUT2D eigenvalue weighted by molar-refractivity contribution is 7.89. The van der Waals surface area contributed by atoms with Gasteiger partial charge in [-0.1, -0.05) is 0 Å². The number of urea groups is 1. The highest BCUT2D eigenvalue weighted by Gasteiger charge is 2.25. The first-order chi connectivity index (χ1) is 12.4. The largest absolute Gasteiger partial charge is 0.449 e. The number of sulfonamides is 1. The third kappa shape index (κ3) is 6.00. The summed E-state index contributed by atoms with van der Waals surface area (Å²) in [5, 5.41) is 4.39. The normalized spacial score (nSPS) is 12.6. The SMILES string of the molecule is CC(C)NC(=O)NC(=O)[C@H](C)OC(=O)c1cc(S(=O)(=O)N(C)C)ccc1F. The first kappa shape index (κ1) is 22.5. The number of amides is 3. The van der Waals surface area contributed by atoms with Crippen LogP contribution in [0.25, 0.3) is 0 Å². The number of hydrogen-bond acceptors (Lipinski definition) is 6. The van der Waals surface area contributed by atoms with Crippen molar-refractivity contribution in [1.29, 1.82) is 0 Å². The number of nitrogens with zero attached hydrogens (tertiary/aromatic N) is 1. The molecule has 9 nitrogen and oxygen atoms in total. The number of esters is 1. The zero-order valence-corrected chi connectivity index (χ0v) is 16.4. The minimum atomic E-state index is -3.90. The molecule has 150 valence electrons. The summed E-state index contributed by atoms with van der Waals surface area (Å²) in [6.45, 7) is 4.56. The number of ether oxygens (including phenoxy) is 1. The van der Waals surface area contributed by atoms with Crippen LogP contribution >= 0.6 is 0 Å². The Labute approximate surface area is 156 Å². The summed E-state index contributed by atoms with van der Waals surface area (Å²) in [5.74, 6) is -3.17. The Bertz CT molecular complexity index is 839. The van der Waals surface area contributed by atoms with Crippen LogP contribution in [-0.4, -0.2) is 56.9 Å². The van der Waals surface area contributed by atoms with Crippen LogP contribution in [-0.2, 0) is 19.6 Å². The molecule has 0 aliphatic heterocycles. The number of carbonyl (C=O) groups is 3. The third-order valence-electron chi connectivity index (χ3n) is 3.25. The zero-order chi connectivity index (χ0) is 20.9. The van der Waals surface area contributed by atoms with Gasteiger partial charge in [-0.05, 0) is 39.0 Å². The molecule has 0 radical (unpaired) electrons. The van der Waals surface area contributed by atoms with E-state index >= 15 is 0 Å². The van der Waals surface area contributed by atoms with Crippen LogP contribution in [0.3, 0.4) is 0 Å². The smallest absolute Gasteiger partial charge is 0.341 e. The van der Waals surface area contributed by atoms with Gasteiger partial charge in [-0.15, -0.1) is 0 Å². The van der Waals surface area contributed by atoms with Crippen LogP contribution in [0, 0.1) is 5.82 Å². The number of hydrogen-bond donors (Lipinski definition) is 2. The van der Waals surface area contributed by atoms with E-state index in [1.165, 1.54) is 21.0 Å². The molecule has 0 bridgehead atoms. The van der Waals surface area contributed by atoms with Gasteiger partial charge in [0.1, 0.15) is 5.82 Å². The number of benzene rings is 1. The fourth-order valence-electron chi connectivity index (χ4n) is 1.82. The predicted molar refractivity (Wildman–Crippen MR) is 94.0 cm³/mol. The fourth-order valence-corrected chi connectivity index (χ4v) is 2.75. The van der Waals surface area contributed by atoms with Gasteiger partial charge in [0.05, 0.1) is 10.5 Å². The lowest BCUT2D eigenvalue weighted by Gasteiger charge is -2.15. The summed E-state index contributed by atoms with van der Waals surface area (Å²) in [5.41, 5.74) is -0.649. The van der Waals surface area contributed by atoms with Crippen LogP contribution in [0.1, 0.15) is 31.1 Å². The van der Waals surface area contributed by atoms with Crippen LogP contribution in [0.4, 0.5) is 9.18 Å². The van der Waals surface area contributed by atoms with Gasteiger partial charge in [-0.25, -0.2) is 26.7 Å². The quantitative estimate of drug-likeness (QED) is 0.679. The van der Waals surface area contributed by atoms with Crippen molar-refractivity contribution in [3.63, 3.8) is 0 Å². The lowest BCUT2D eigenvalue weighted by Crippen LogP contribution is -2.46. The highest BCUT2D eigenvalue weighted by Crippen LogP contribution is 2.19. The lowest BCUT2D eigenvalue weighted by atomic mass is 10.2. The number of nitrogens with one attached hydrogen (secondary N) is 2. The van der Waals surface area contributed by atoms with E-state index in [2.05, 4.69) is 5.32 Å². The predicted octanol–water partition coefficient (Wildman–Crippen LogP) is 0.855. The van der Waals surface area contributed by atoms with Crippen molar-refractivity contribution in [3.8, 4) is 0 Å². The lowest BCUT2D eigenvalue weighted by molar-refractivity contribution is -0.127. The second kappa shape index (κ2) is 8.91. The molecule has 1 rings (SSSR count).